The second kappa shape index (κ2) is 3.55. The third-order valence-electron chi connectivity index (χ3n) is 2.26. The molecule has 2 nitrogen and oxygen atoms in total. The number of allylic oxidation sites excluding steroid dienone is 1. The van der Waals surface area contributed by atoms with Crippen molar-refractivity contribution >= 4 is 5.78 Å². The lowest BCUT2D eigenvalue weighted by Gasteiger charge is -2.28. The zero-order chi connectivity index (χ0) is 9.03. The quantitative estimate of drug-likeness (QED) is 0.616. The number of ketones is 1. The van der Waals surface area contributed by atoms with Crippen molar-refractivity contribution in [2.75, 3.05) is 6.61 Å². The maximum Gasteiger partial charge on any atom is 0.155 e. The van der Waals surface area contributed by atoms with E-state index in [4.69, 9.17) is 11.5 Å². The van der Waals surface area contributed by atoms with Gasteiger partial charge in [0.1, 0.15) is 0 Å². The average molecular weight is 164 g/mol. The van der Waals surface area contributed by atoms with Crippen LogP contribution in [0.3, 0.4) is 0 Å². The van der Waals surface area contributed by atoms with Crippen LogP contribution < -0.4 is 0 Å². The first kappa shape index (κ1) is 9.02. The van der Waals surface area contributed by atoms with Crippen molar-refractivity contribution in [3.05, 3.63) is 12.2 Å². The molecule has 0 heterocycles. The summed E-state index contributed by atoms with van der Waals surface area (Å²) >= 11 is 0. The maximum atomic E-state index is 10.9. The lowest BCUT2D eigenvalue weighted by Crippen LogP contribution is -2.26. The second-order valence-corrected chi connectivity index (χ2v) is 3.20. The van der Waals surface area contributed by atoms with Gasteiger partial charge in [0.25, 0.3) is 0 Å². The summed E-state index contributed by atoms with van der Waals surface area (Å²) in [5, 5.41) is 9.10. The van der Waals surface area contributed by atoms with Gasteiger partial charge in [0, 0.05) is 18.3 Å². The molecule has 0 fully saturated rings. The van der Waals surface area contributed by atoms with Crippen molar-refractivity contribution in [2.45, 2.75) is 19.3 Å². The van der Waals surface area contributed by atoms with Gasteiger partial charge in [-0.05, 0) is 12.5 Å². The van der Waals surface area contributed by atoms with Crippen LogP contribution >= 0.6 is 0 Å². The number of hydrogen-bond acceptors (Lipinski definition) is 2. The highest BCUT2D eigenvalue weighted by atomic mass is 16.3. The van der Waals surface area contributed by atoms with E-state index in [0.29, 0.717) is 19.3 Å². The molecule has 0 aromatic heterocycles. The zero-order valence-electron chi connectivity index (χ0n) is 6.92. The normalized spacial score (nSPS) is 28.5. The van der Waals surface area contributed by atoms with E-state index >= 15 is 0 Å². The Bertz CT molecular complexity index is 247. The Morgan fingerprint density at radius 1 is 1.75 bits per heavy atom. The van der Waals surface area contributed by atoms with Crippen LogP contribution in [0.15, 0.2) is 12.2 Å². The zero-order valence-corrected chi connectivity index (χ0v) is 6.92. The highest BCUT2D eigenvalue weighted by Gasteiger charge is 2.28. The molecule has 0 bridgehead atoms. The second-order valence-electron chi connectivity index (χ2n) is 3.20. The minimum absolute atomic E-state index is 0.0288. The number of rotatable bonds is 2. The van der Waals surface area contributed by atoms with Gasteiger partial charge in [-0.25, -0.2) is 0 Å². The number of hydrogen-bond donors (Lipinski definition) is 1. The van der Waals surface area contributed by atoms with Gasteiger partial charge >= 0.3 is 0 Å². The Morgan fingerprint density at radius 2 is 2.50 bits per heavy atom. The van der Waals surface area contributed by atoms with Crippen molar-refractivity contribution < 1.29 is 9.90 Å². The highest BCUT2D eigenvalue weighted by molar-refractivity contribution is 5.90. The summed E-state index contributed by atoms with van der Waals surface area (Å²) in [6.07, 6.45) is 10.1. The predicted molar refractivity (Wildman–Crippen MR) is 46.3 cm³/mol. The maximum absolute atomic E-state index is 10.9. The van der Waals surface area contributed by atoms with E-state index in [-0.39, 0.29) is 17.8 Å². The molecule has 0 radical (unpaired) electrons. The molecule has 0 aromatic rings. The highest BCUT2D eigenvalue weighted by Crippen LogP contribution is 2.32. The molecule has 1 N–H and O–H groups in total. The Morgan fingerprint density at radius 3 is 2.92 bits per heavy atom. The molecule has 0 saturated heterocycles. The van der Waals surface area contributed by atoms with Crippen LogP contribution in [0.2, 0.25) is 0 Å². The summed E-state index contributed by atoms with van der Waals surface area (Å²) in [4.78, 5) is 10.9. The number of carbonyl (C=O) groups is 1. The first-order valence-electron chi connectivity index (χ1n) is 3.99. The van der Waals surface area contributed by atoms with E-state index in [0.717, 1.165) is 0 Å². The van der Waals surface area contributed by atoms with E-state index in [1.165, 1.54) is 6.08 Å². The fourth-order valence-corrected chi connectivity index (χ4v) is 1.35. The number of aliphatic hydroxyl groups is 1. The summed E-state index contributed by atoms with van der Waals surface area (Å²) in [5.74, 6) is 2.64. The monoisotopic (exact) mass is 164 g/mol. The van der Waals surface area contributed by atoms with Gasteiger partial charge in [-0.3, -0.25) is 4.79 Å². The number of terminal acetylenes is 1. The first-order chi connectivity index (χ1) is 5.72. The van der Waals surface area contributed by atoms with E-state index in [1.54, 1.807) is 6.08 Å². The van der Waals surface area contributed by atoms with Crippen LogP contribution in [0.5, 0.6) is 0 Å². The van der Waals surface area contributed by atoms with Gasteiger partial charge in [-0.2, -0.15) is 0 Å². The van der Waals surface area contributed by atoms with Crippen LogP contribution in [0.4, 0.5) is 0 Å². The van der Waals surface area contributed by atoms with Crippen LogP contribution in [0.25, 0.3) is 0 Å². The Labute approximate surface area is 72.3 Å². The predicted octanol–water partition coefficient (Wildman–Crippen LogP) is 0.907. The summed E-state index contributed by atoms with van der Waals surface area (Å²) in [7, 11) is 0. The lowest BCUT2D eigenvalue weighted by molar-refractivity contribution is -0.115. The Balaban J connectivity index is 2.76. The number of carbonyl (C=O) groups excluding carboxylic acids is 1. The van der Waals surface area contributed by atoms with Gasteiger partial charge in [0.2, 0.25) is 0 Å². The van der Waals surface area contributed by atoms with Crippen LogP contribution in [-0.2, 0) is 4.79 Å². The molecule has 64 valence electrons. The summed E-state index contributed by atoms with van der Waals surface area (Å²) in [6.45, 7) is 0.0288. The van der Waals surface area contributed by atoms with Crippen LogP contribution in [-0.4, -0.2) is 17.5 Å². The average Bonchev–Trinajstić information content (AvgIpc) is 2.10. The molecule has 2 heteroatoms. The Kier molecular flexibility index (Phi) is 2.67. The minimum Gasteiger partial charge on any atom is -0.395 e. The van der Waals surface area contributed by atoms with Gasteiger partial charge in [-0.15, -0.1) is 12.3 Å². The standard InChI is InChI=1S/C10H12O2/c1-2-5-10(8-11)6-3-9(12)4-7-10/h1,3,6,11H,4-5,7-8H2/t10-/m1/s1. The van der Waals surface area contributed by atoms with Gasteiger partial charge in [0.15, 0.2) is 5.78 Å². The van der Waals surface area contributed by atoms with E-state index in [9.17, 15) is 4.79 Å². The lowest BCUT2D eigenvalue weighted by atomic mass is 9.77. The van der Waals surface area contributed by atoms with E-state index in [2.05, 4.69) is 5.92 Å². The van der Waals surface area contributed by atoms with Crippen molar-refractivity contribution in [2.24, 2.45) is 5.41 Å². The summed E-state index contributed by atoms with van der Waals surface area (Å²) in [6, 6.07) is 0. The third kappa shape index (κ3) is 1.75. The Hall–Kier alpha value is -1.07. The molecule has 0 aromatic carbocycles. The molecule has 0 saturated carbocycles. The fraction of sp³-hybridized carbons (Fsp3) is 0.500. The van der Waals surface area contributed by atoms with E-state index < -0.39 is 0 Å². The van der Waals surface area contributed by atoms with Gasteiger partial charge in [0.05, 0.1) is 6.61 Å². The molecule has 12 heavy (non-hydrogen) atoms. The van der Waals surface area contributed by atoms with Crippen molar-refractivity contribution in [3.8, 4) is 12.3 Å². The molecule has 1 aliphatic rings. The third-order valence-corrected chi connectivity index (χ3v) is 2.26. The smallest absolute Gasteiger partial charge is 0.155 e. The number of aliphatic hydroxyl groups excluding tert-OH is 1. The summed E-state index contributed by atoms with van der Waals surface area (Å²) in [5.41, 5.74) is -0.331. The van der Waals surface area contributed by atoms with Gasteiger partial charge < -0.3 is 5.11 Å². The largest absolute Gasteiger partial charge is 0.395 e. The van der Waals surface area contributed by atoms with Crippen molar-refractivity contribution in [3.63, 3.8) is 0 Å². The molecule has 1 aliphatic carbocycles. The van der Waals surface area contributed by atoms with Crippen LogP contribution in [0, 0.1) is 17.8 Å². The first-order valence-corrected chi connectivity index (χ1v) is 3.99. The molecular formula is C10H12O2. The van der Waals surface area contributed by atoms with Crippen molar-refractivity contribution in [1.29, 1.82) is 0 Å². The fourth-order valence-electron chi connectivity index (χ4n) is 1.35. The van der Waals surface area contributed by atoms with Crippen molar-refractivity contribution in [1.82, 2.24) is 0 Å². The molecule has 1 atom stereocenters. The molecule has 0 aliphatic heterocycles. The van der Waals surface area contributed by atoms with E-state index in [1.807, 2.05) is 0 Å². The SMILES string of the molecule is C#CC[C@@]1(CO)C=CC(=O)CC1. The molecular weight excluding hydrogens is 152 g/mol. The van der Waals surface area contributed by atoms with Gasteiger partial charge in [-0.1, -0.05) is 6.08 Å². The summed E-state index contributed by atoms with van der Waals surface area (Å²) < 4.78 is 0. The minimum atomic E-state index is -0.331. The molecule has 0 amide bonds. The molecule has 0 spiro atoms. The van der Waals surface area contributed by atoms with Crippen LogP contribution in [0.1, 0.15) is 19.3 Å². The molecule has 0 unspecified atom stereocenters. The topological polar surface area (TPSA) is 37.3 Å². The molecule has 1 rings (SSSR count).